The number of hydrogen-bond donors (Lipinski definition) is 2. The van der Waals surface area contributed by atoms with Gasteiger partial charge in [-0.15, -0.1) is 0 Å². The quantitative estimate of drug-likeness (QED) is 0.768. The van der Waals surface area contributed by atoms with Crippen molar-refractivity contribution >= 4 is 27.6 Å². The molecule has 2 amide bonds. The fourth-order valence-corrected chi connectivity index (χ4v) is 4.33. The summed E-state index contributed by atoms with van der Waals surface area (Å²) in [5.41, 5.74) is 0.739. The van der Waals surface area contributed by atoms with Gasteiger partial charge in [0.15, 0.2) is 5.82 Å². The van der Waals surface area contributed by atoms with Crippen molar-refractivity contribution in [2.24, 2.45) is 0 Å². The summed E-state index contributed by atoms with van der Waals surface area (Å²) in [5, 5.41) is 3.04. The van der Waals surface area contributed by atoms with Crippen LogP contribution in [0.25, 0.3) is 0 Å². The van der Waals surface area contributed by atoms with E-state index in [-0.39, 0.29) is 12.1 Å². The Hall–Kier alpha value is -1.87. The van der Waals surface area contributed by atoms with Gasteiger partial charge in [-0.2, -0.15) is 0 Å². The van der Waals surface area contributed by atoms with E-state index in [0.29, 0.717) is 19.5 Å². The van der Waals surface area contributed by atoms with Crippen LogP contribution >= 0.6 is 0 Å². The van der Waals surface area contributed by atoms with Gasteiger partial charge in [0.1, 0.15) is 0 Å². The van der Waals surface area contributed by atoms with E-state index in [0.717, 1.165) is 63.0 Å². The first kappa shape index (κ1) is 19.9. The van der Waals surface area contributed by atoms with Gasteiger partial charge in [0.05, 0.1) is 11.9 Å². The fraction of sp³-hybridized carbons (Fsp3) is 0.667. The average molecular weight is 396 g/mol. The molecule has 2 saturated heterocycles. The van der Waals surface area contributed by atoms with Crippen LogP contribution < -0.4 is 14.9 Å². The molecule has 3 heterocycles. The van der Waals surface area contributed by atoms with Crippen molar-refractivity contribution in [1.82, 2.24) is 14.6 Å². The smallest absolute Gasteiger partial charge is 0.322 e. The molecule has 8 nitrogen and oxygen atoms in total. The summed E-state index contributed by atoms with van der Waals surface area (Å²) in [6.07, 6.45) is 8.73. The molecule has 1 aromatic rings. The molecule has 3 rings (SSSR count). The Kier molecular flexibility index (Phi) is 6.54. The van der Waals surface area contributed by atoms with Gasteiger partial charge in [0.25, 0.3) is 0 Å². The van der Waals surface area contributed by atoms with Crippen LogP contribution in [0.3, 0.4) is 0 Å². The summed E-state index contributed by atoms with van der Waals surface area (Å²) in [6.45, 7) is 2.96. The van der Waals surface area contributed by atoms with Gasteiger partial charge in [-0.3, -0.25) is 0 Å². The lowest BCUT2D eigenvalue weighted by molar-refractivity contribution is 0.158. The summed E-state index contributed by atoms with van der Waals surface area (Å²) in [6, 6.07) is 3.63. The first-order valence-electron chi connectivity index (χ1n) is 9.66. The molecular formula is C18H29N5O3S. The molecule has 0 aliphatic carbocycles. The Morgan fingerprint density at radius 1 is 1.22 bits per heavy atom. The third-order valence-corrected chi connectivity index (χ3v) is 5.89. The topological polar surface area (TPSA) is 94.6 Å². The van der Waals surface area contributed by atoms with Crippen molar-refractivity contribution in [1.29, 1.82) is 0 Å². The van der Waals surface area contributed by atoms with Gasteiger partial charge >= 0.3 is 6.03 Å². The highest BCUT2D eigenvalue weighted by Gasteiger charge is 2.28. The van der Waals surface area contributed by atoms with E-state index in [1.807, 2.05) is 17.0 Å². The molecule has 2 fully saturated rings. The van der Waals surface area contributed by atoms with Crippen molar-refractivity contribution < 1.29 is 13.2 Å². The average Bonchev–Trinajstić information content (AvgIpc) is 3.16. The molecule has 2 aliphatic heterocycles. The van der Waals surface area contributed by atoms with Gasteiger partial charge in [0.2, 0.25) is 10.0 Å². The highest BCUT2D eigenvalue weighted by molar-refractivity contribution is 7.88. The Balaban J connectivity index is 1.65. The molecule has 0 bridgehead atoms. The number of hydrogen-bond acceptors (Lipinski definition) is 5. The number of amides is 2. The molecule has 150 valence electrons. The Labute approximate surface area is 161 Å². The zero-order chi connectivity index (χ0) is 19.3. The second kappa shape index (κ2) is 8.88. The van der Waals surface area contributed by atoms with Crippen molar-refractivity contribution in [3.05, 3.63) is 18.3 Å². The molecule has 2 N–H and O–H groups in total. The summed E-state index contributed by atoms with van der Waals surface area (Å²) in [5.74, 6) is 0.829. The van der Waals surface area contributed by atoms with E-state index in [1.54, 1.807) is 6.20 Å². The van der Waals surface area contributed by atoms with Gasteiger partial charge in [-0.1, -0.05) is 0 Å². The molecule has 0 radical (unpaired) electrons. The van der Waals surface area contributed by atoms with Crippen LogP contribution in [0.1, 0.15) is 38.5 Å². The highest BCUT2D eigenvalue weighted by atomic mass is 32.2. The number of anilines is 2. The molecule has 0 saturated carbocycles. The second-order valence-electron chi connectivity index (χ2n) is 7.30. The van der Waals surface area contributed by atoms with Crippen LogP contribution in [-0.2, 0) is 10.0 Å². The number of likely N-dealkylation sites (tertiary alicyclic amines) is 1. The van der Waals surface area contributed by atoms with Crippen LogP contribution in [-0.4, -0.2) is 62.8 Å². The van der Waals surface area contributed by atoms with Gasteiger partial charge in [-0.05, 0) is 50.7 Å². The van der Waals surface area contributed by atoms with E-state index in [1.165, 1.54) is 0 Å². The standard InChI is InChI=1S/C18H29N5O3S/c1-27(25,26)20-11-9-15-7-2-3-14-23(15)18(24)21-16-8-6-10-19-17(16)22-12-4-5-13-22/h6,8,10,15,20H,2-5,7,9,11-14H2,1H3,(H,21,24)/t15-/m0/s1. The van der Waals surface area contributed by atoms with E-state index < -0.39 is 10.0 Å². The number of sulfonamides is 1. The Morgan fingerprint density at radius 2 is 1.96 bits per heavy atom. The molecule has 0 unspecified atom stereocenters. The first-order valence-corrected chi connectivity index (χ1v) is 11.6. The molecule has 1 atom stereocenters. The second-order valence-corrected chi connectivity index (χ2v) is 9.13. The van der Waals surface area contributed by atoms with Crippen LogP contribution in [0, 0.1) is 0 Å². The predicted molar refractivity (Wildman–Crippen MR) is 107 cm³/mol. The maximum Gasteiger partial charge on any atom is 0.322 e. The van der Waals surface area contributed by atoms with E-state index in [4.69, 9.17) is 0 Å². The molecule has 27 heavy (non-hydrogen) atoms. The number of nitrogens with one attached hydrogen (secondary N) is 2. The lowest BCUT2D eigenvalue weighted by Gasteiger charge is -2.36. The van der Waals surface area contributed by atoms with E-state index in [2.05, 4.69) is 19.9 Å². The third kappa shape index (κ3) is 5.55. The van der Waals surface area contributed by atoms with Crippen LogP contribution in [0.2, 0.25) is 0 Å². The number of pyridine rings is 1. The SMILES string of the molecule is CS(=O)(=O)NCC[C@@H]1CCCCN1C(=O)Nc1cccnc1N1CCCC1. The van der Waals surface area contributed by atoms with Crippen LogP contribution in [0.4, 0.5) is 16.3 Å². The maximum absolute atomic E-state index is 12.9. The van der Waals surface area contributed by atoms with Gasteiger partial charge in [0, 0.05) is 38.4 Å². The maximum atomic E-state index is 12.9. The summed E-state index contributed by atoms with van der Waals surface area (Å²) in [4.78, 5) is 21.5. The molecule has 2 aliphatic rings. The number of rotatable bonds is 6. The van der Waals surface area contributed by atoms with E-state index >= 15 is 0 Å². The zero-order valence-electron chi connectivity index (χ0n) is 15.9. The molecule has 0 aromatic carbocycles. The lowest BCUT2D eigenvalue weighted by atomic mass is 10.00. The minimum atomic E-state index is -3.21. The first-order chi connectivity index (χ1) is 12.9. The van der Waals surface area contributed by atoms with E-state index in [9.17, 15) is 13.2 Å². The number of nitrogens with zero attached hydrogens (tertiary/aromatic N) is 3. The zero-order valence-corrected chi connectivity index (χ0v) is 16.7. The highest BCUT2D eigenvalue weighted by Crippen LogP contribution is 2.27. The third-order valence-electron chi connectivity index (χ3n) is 5.16. The van der Waals surface area contributed by atoms with Crippen molar-refractivity contribution in [2.75, 3.05) is 42.7 Å². The predicted octanol–water partition coefficient (Wildman–Crippen LogP) is 2.01. The number of carbonyl (C=O) groups excluding carboxylic acids is 1. The minimum Gasteiger partial charge on any atom is -0.355 e. The van der Waals surface area contributed by atoms with Gasteiger partial charge in [-0.25, -0.2) is 22.9 Å². The van der Waals surface area contributed by atoms with Crippen LogP contribution in [0.15, 0.2) is 18.3 Å². The Morgan fingerprint density at radius 3 is 2.70 bits per heavy atom. The molecule has 1 aromatic heterocycles. The molecule has 0 spiro atoms. The van der Waals surface area contributed by atoms with Crippen LogP contribution in [0.5, 0.6) is 0 Å². The molecule has 9 heteroatoms. The number of carbonyl (C=O) groups is 1. The fourth-order valence-electron chi connectivity index (χ4n) is 3.84. The number of urea groups is 1. The normalized spacial score (nSPS) is 20.7. The van der Waals surface area contributed by atoms with Crippen molar-refractivity contribution in [3.8, 4) is 0 Å². The monoisotopic (exact) mass is 395 g/mol. The minimum absolute atomic E-state index is 0.0416. The van der Waals surface area contributed by atoms with Gasteiger partial charge < -0.3 is 15.1 Å². The van der Waals surface area contributed by atoms with Crippen molar-refractivity contribution in [3.63, 3.8) is 0 Å². The summed E-state index contributed by atoms with van der Waals surface area (Å²) >= 11 is 0. The molecular weight excluding hydrogens is 366 g/mol. The number of aromatic nitrogens is 1. The lowest BCUT2D eigenvalue weighted by Crippen LogP contribution is -2.47. The number of piperidine rings is 1. The summed E-state index contributed by atoms with van der Waals surface area (Å²) < 4.78 is 25.1. The largest absolute Gasteiger partial charge is 0.355 e. The summed E-state index contributed by atoms with van der Waals surface area (Å²) in [7, 11) is -3.21. The van der Waals surface area contributed by atoms with Crippen molar-refractivity contribution in [2.45, 2.75) is 44.6 Å². The Bertz CT molecular complexity index is 749.